The average Bonchev–Trinajstić information content (AvgIpc) is 3.16. The van der Waals surface area contributed by atoms with Gasteiger partial charge in [0.2, 0.25) is 0 Å². The summed E-state index contributed by atoms with van der Waals surface area (Å²) in [5.74, 6) is 0.875. The number of aromatic nitrogens is 2. The third-order valence-corrected chi connectivity index (χ3v) is 4.41. The number of pyridine rings is 1. The molecular weight excluding hydrogens is 404 g/mol. The van der Waals surface area contributed by atoms with E-state index in [2.05, 4.69) is 20.6 Å². The molecule has 2 aromatic heterocycles. The number of aliphatic imine (C=N–C) groups is 1. The molecule has 0 radical (unpaired) electrons. The summed E-state index contributed by atoms with van der Waals surface area (Å²) in [6.07, 6.45) is 4.67. The van der Waals surface area contributed by atoms with Crippen LogP contribution in [0.5, 0.6) is 11.5 Å². The molecule has 9 heteroatoms. The molecule has 0 amide bonds. The zero-order valence-electron chi connectivity index (χ0n) is 17.6. The molecule has 0 fully saturated rings. The lowest BCUT2D eigenvalue weighted by Crippen LogP contribution is -2.38. The van der Waals surface area contributed by atoms with Crippen LogP contribution in [0.25, 0.3) is 5.65 Å². The molecule has 166 valence electrons. The molecule has 1 aromatic carbocycles. The van der Waals surface area contributed by atoms with Crippen molar-refractivity contribution in [2.45, 2.75) is 33.4 Å². The lowest BCUT2D eigenvalue weighted by atomic mass is 10.2. The summed E-state index contributed by atoms with van der Waals surface area (Å²) >= 11 is 0. The van der Waals surface area contributed by atoms with E-state index in [1.165, 1.54) is 0 Å². The van der Waals surface area contributed by atoms with Gasteiger partial charge in [0, 0.05) is 37.5 Å². The quantitative estimate of drug-likeness (QED) is 0.379. The van der Waals surface area contributed by atoms with Crippen molar-refractivity contribution >= 4 is 11.6 Å². The number of imidazole rings is 1. The first-order chi connectivity index (χ1) is 15.1. The van der Waals surface area contributed by atoms with Gasteiger partial charge in [-0.25, -0.2) is 9.98 Å². The smallest absolute Gasteiger partial charge is 0.387 e. The fraction of sp³-hybridized carbons (Fsp3) is 0.364. The summed E-state index contributed by atoms with van der Waals surface area (Å²) in [5.41, 5.74) is 2.38. The van der Waals surface area contributed by atoms with Crippen LogP contribution in [0.2, 0.25) is 0 Å². The molecule has 0 unspecified atom stereocenters. The van der Waals surface area contributed by atoms with Gasteiger partial charge in [0.05, 0.1) is 18.8 Å². The van der Waals surface area contributed by atoms with Crippen molar-refractivity contribution in [3.63, 3.8) is 0 Å². The van der Waals surface area contributed by atoms with Crippen molar-refractivity contribution in [3.8, 4) is 11.5 Å². The van der Waals surface area contributed by atoms with Crippen LogP contribution in [0.4, 0.5) is 8.78 Å². The second-order valence-corrected chi connectivity index (χ2v) is 6.63. The zero-order chi connectivity index (χ0) is 22.1. The number of para-hydroxylation sites is 1. The summed E-state index contributed by atoms with van der Waals surface area (Å²) in [4.78, 5) is 9.09. The van der Waals surface area contributed by atoms with Gasteiger partial charge in [-0.05, 0) is 32.0 Å². The summed E-state index contributed by atoms with van der Waals surface area (Å²) in [6.45, 7) is 2.59. The van der Waals surface area contributed by atoms with Gasteiger partial charge in [-0.3, -0.25) is 0 Å². The molecule has 0 atom stereocenters. The number of ether oxygens (including phenoxy) is 2. The van der Waals surface area contributed by atoms with Crippen LogP contribution < -0.4 is 20.1 Å². The Morgan fingerprint density at radius 1 is 1.16 bits per heavy atom. The molecule has 2 N–H and O–H groups in total. The van der Waals surface area contributed by atoms with Gasteiger partial charge in [-0.15, -0.1) is 0 Å². The number of hydrogen-bond donors (Lipinski definition) is 2. The molecule has 7 nitrogen and oxygen atoms in total. The Bertz CT molecular complexity index is 973. The number of halogens is 2. The topological polar surface area (TPSA) is 72.2 Å². The third-order valence-electron chi connectivity index (χ3n) is 4.41. The highest BCUT2D eigenvalue weighted by Gasteiger charge is 2.15. The fourth-order valence-corrected chi connectivity index (χ4v) is 3.10. The molecule has 2 heterocycles. The van der Waals surface area contributed by atoms with Gasteiger partial charge in [0.15, 0.2) is 17.5 Å². The van der Waals surface area contributed by atoms with Crippen molar-refractivity contribution in [1.29, 1.82) is 0 Å². The first-order valence-corrected chi connectivity index (χ1v) is 10.2. The van der Waals surface area contributed by atoms with Crippen LogP contribution >= 0.6 is 0 Å². The average molecular weight is 431 g/mol. The lowest BCUT2D eigenvalue weighted by Gasteiger charge is -2.15. The fourth-order valence-electron chi connectivity index (χ4n) is 3.10. The predicted octanol–water partition coefficient (Wildman–Crippen LogP) is 3.63. The maximum Gasteiger partial charge on any atom is 0.387 e. The van der Waals surface area contributed by atoms with Crippen LogP contribution in [0.3, 0.4) is 0 Å². The Labute approximate surface area is 180 Å². The maximum absolute atomic E-state index is 12.9. The van der Waals surface area contributed by atoms with Gasteiger partial charge in [0.1, 0.15) is 5.65 Å². The Hall–Kier alpha value is -3.36. The van der Waals surface area contributed by atoms with Gasteiger partial charge >= 0.3 is 6.61 Å². The molecule has 31 heavy (non-hydrogen) atoms. The first-order valence-electron chi connectivity index (χ1n) is 10.2. The van der Waals surface area contributed by atoms with Crippen LogP contribution in [0.15, 0.2) is 53.8 Å². The van der Waals surface area contributed by atoms with Crippen molar-refractivity contribution in [1.82, 2.24) is 20.0 Å². The highest BCUT2D eigenvalue weighted by molar-refractivity contribution is 5.79. The van der Waals surface area contributed by atoms with E-state index in [0.29, 0.717) is 37.6 Å². The van der Waals surface area contributed by atoms with Crippen molar-refractivity contribution in [2.24, 2.45) is 4.99 Å². The van der Waals surface area contributed by atoms with Gasteiger partial charge in [0.25, 0.3) is 0 Å². The Morgan fingerprint density at radius 3 is 2.77 bits per heavy atom. The molecule has 0 spiro atoms. The SMILES string of the molecule is CCNC(=NCc1cccc(OCC)c1OC(F)F)NCCc1cn2ccccc2n1. The summed E-state index contributed by atoms with van der Waals surface area (Å²) in [7, 11) is 0. The molecule has 3 rings (SSSR count). The van der Waals surface area contributed by atoms with Gasteiger partial charge < -0.3 is 24.5 Å². The molecule has 0 aliphatic rings. The molecule has 0 aliphatic carbocycles. The number of fused-ring (bicyclic) bond motifs is 1. The predicted molar refractivity (Wildman–Crippen MR) is 116 cm³/mol. The van der Waals surface area contributed by atoms with E-state index in [1.807, 2.05) is 41.9 Å². The minimum absolute atomic E-state index is 0.0173. The van der Waals surface area contributed by atoms with Crippen LogP contribution in [0.1, 0.15) is 25.1 Å². The van der Waals surface area contributed by atoms with E-state index in [1.54, 1.807) is 25.1 Å². The third kappa shape index (κ3) is 6.31. The minimum atomic E-state index is -2.94. The van der Waals surface area contributed by atoms with Crippen molar-refractivity contribution in [2.75, 3.05) is 19.7 Å². The summed E-state index contributed by atoms with van der Waals surface area (Å²) < 4.78 is 37.9. The lowest BCUT2D eigenvalue weighted by molar-refractivity contribution is -0.0520. The number of guanidine groups is 1. The second-order valence-electron chi connectivity index (χ2n) is 6.63. The Kier molecular flexibility index (Phi) is 8.03. The Balaban J connectivity index is 1.66. The van der Waals surface area contributed by atoms with E-state index in [4.69, 9.17) is 9.47 Å². The largest absolute Gasteiger partial charge is 0.490 e. The Morgan fingerprint density at radius 2 is 2.03 bits per heavy atom. The van der Waals surface area contributed by atoms with Gasteiger partial charge in [-0.1, -0.05) is 18.2 Å². The molecule has 0 bridgehead atoms. The van der Waals surface area contributed by atoms with Crippen molar-refractivity contribution in [3.05, 3.63) is 60.0 Å². The van der Waals surface area contributed by atoms with E-state index >= 15 is 0 Å². The van der Waals surface area contributed by atoms with E-state index < -0.39 is 6.61 Å². The minimum Gasteiger partial charge on any atom is -0.490 e. The second kappa shape index (κ2) is 11.1. The molecule has 0 saturated carbocycles. The molecular formula is C22H27F2N5O2. The molecule has 0 saturated heterocycles. The maximum atomic E-state index is 12.9. The monoisotopic (exact) mass is 431 g/mol. The number of rotatable bonds is 10. The van der Waals surface area contributed by atoms with Gasteiger partial charge in [-0.2, -0.15) is 8.78 Å². The molecule has 3 aromatic rings. The number of hydrogen-bond acceptors (Lipinski definition) is 4. The number of benzene rings is 1. The molecule has 0 aliphatic heterocycles. The van der Waals surface area contributed by atoms with Crippen LogP contribution in [0, 0.1) is 0 Å². The first kappa shape index (κ1) is 22.3. The van der Waals surface area contributed by atoms with Crippen LogP contribution in [-0.4, -0.2) is 41.7 Å². The highest BCUT2D eigenvalue weighted by Crippen LogP contribution is 2.33. The zero-order valence-corrected chi connectivity index (χ0v) is 17.6. The van der Waals surface area contributed by atoms with Crippen LogP contribution in [-0.2, 0) is 13.0 Å². The van der Waals surface area contributed by atoms with E-state index in [-0.39, 0.29) is 18.0 Å². The summed E-state index contributed by atoms with van der Waals surface area (Å²) in [5, 5.41) is 6.41. The van der Waals surface area contributed by atoms with E-state index in [0.717, 1.165) is 11.3 Å². The standard InChI is InChI=1S/C22H27F2N5O2/c1-3-25-22(26-12-11-17-15-29-13-6-5-10-19(29)28-17)27-14-16-8-7-9-18(30-4-2)20(16)31-21(23)24/h5-10,13,15,21H,3-4,11-12,14H2,1-2H3,(H2,25,26,27). The number of alkyl halides is 2. The van der Waals surface area contributed by atoms with E-state index in [9.17, 15) is 8.78 Å². The number of nitrogens with zero attached hydrogens (tertiary/aromatic N) is 3. The number of nitrogens with one attached hydrogen (secondary N) is 2. The highest BCUT2D eigenvalue weighted by atomic mass is 19.3. The van der Waals surface area contributed by atoms with Crippen molar-refractivity contribution < 1.29 is 18.3 Å². The summed E-state index contributed by atoms with van der Waals surface area (Å²) in [6, 6.07) is 10.9. The normalized spacial score (nSPS) is 11.7.